The summed E-state index contributed by atoms with van der Waals surface area (Å²) >= 11 is 0. The fourth-order valence-corrected chi connectivity index (χ4v) is 3.75. The highest BCUT2D eigenvalue weighted by molar-refractivity contribution is 5.92. The van der Waals surface area contributed by atoms with Gasteiger partial charge in [0.2, 0.25) is 0 Å². The Balaban J connectivity index is 1.50. The van der Waals surface area contributed by atoms with Crippen molar-refractivity contribution in [2.24, 2.45) is 5.92 Å². The van der Waals surface area contributed by atoms with E-state index in [1.807, 2.05) is 0 Å². The lowest BCUT2D eigenvalue weighted by Gasteiger charge is -2.23. The highest BCUT2D eigenvalue weighted by atomic mass is 19.4. The van der Waals surface area contributed by atoms with Crippen molar-refractivity contribution >= 4 is 5.91 Å². The largest absolute Gasteiger partial charge is 0.416 e. The lowest BCUT2D eigenvalue weighted by atomic mass is 9.99. The molecule has 2 fully saturated rings. The zero-order valence-corrected chi connectivity index (χ0v) is 15.4. The van der Waals surface area contributed by atoms with Crippen LogP contribution in [0.1, 0.15) is 59.4 Å². The third-order valence-electron chi connectivity index (χ3n) is 5.44. The van der Waals surface area contributed by atoms with E-state index in [9.17, 15) is 18.0 Å². The minimum atomic E-state index is -4.40. The van der Waals surface area contributed by atoms with Crippen LogP contribution in [0, 0.1) is 5.92 Å². The highest BCUT2D eigenvalue weighted by Gasteiger charge is 2.36. The number of alkyl halides is 3. The molecule has 0 bridgehead atoms. The number of aromatic nitrogens is 2. The number of nitrogens with one attached hydrogen (secondary N) is 2. The third-order valence-corrected chi connectivity index (χ3v) is 5.44. The third kappa shape index (κ3) is 4.22. The molecule has 1 aromatic heterocycles. The van der Waals surface area contributed by atoms with Crippen LogP contribution in [0.2, 0.25) is 0 Å². The number of carbonyl (C=O) groups excluding carboxylic acids is 1. The van der Waals surface area contributed by atoms with E-state index >= 15 is 0 Å². The molecule has 2 aromatic rings. The Bertz CT molecular complexity index is 838. The van der Waals surface area contributed by atoms with Crippen LogP contribution in [0.5, 0.6) is 0 Å². The van der Waals surface area contributed by atoms with E-state index < -0.39 is 17.8 Å². The fraction of sp³-hybridized carbons (Fsp3) is 0.500. The average molecular weight is 392 g/mol. The minimum absolute atomic E-state index is 0.164. The van der Waals surface area contributed by atoms with Crippen molar-refractivity contribution < 1.29 is 18.0 Å². The molecule has 2 unspecified atom stereocenters. The Morgan fingerprint density at radius 2 is 2.07 bits per heavy atom. The quantitative estimate of drug-likeness (QED) is 0.816. The van der Waals surface area contributed by atoms with Crippen LogP contribution in [0.4, 0.5) is 13.2 Å². The molecule has 1 saturated carbocycles. The van der Waals surface area contributed by atoms with Crippen molar-refractivity contribution in [3.63, 3.8) is 0 Å². The van der Waals surface area contributed by atoms with E-state index in [1.54, 1.807) is 23.0 Å². The molecule has 2 aliphatic rings. The number of halogens is 3. The van der Waals surface area contributed by atoms with Gasteiger partial charge in [-0.05, 0) is 61.9 Å². The molecule has 0 radical (unpaired) electrons. The topological polar surface area (TPSA) is 59.0 Å². The molecule has 1 saturated heterocycles. The summed E-state index contributed by atoms with van der Waals surface area (Å²) in [6.45, 7) is 1.81. The normalized spacial score (nSPS) is 21.3. The van der Waals surface area contributed by atoms with Crippen LogP contribution >= 0.6 is 0 Å². The molecule has 1 aromatic carbocycles. The molecule has 4 rings (SSSR count). The summed E-state index contributed by atoms with van der Waals surface area (Å²) in [7, 11) is 0. The van der Waals surface area contributed by atoms with Crippen LogP contribution in [0.3, 0.4) is 0 Å². The number of carbonyl (C=O) groups is 1. The van der Waals surface area contributed by atoms with E-state index in [4.69, 9.17) is 0 Å². The van der Waals surface area contributed by atoms with Gasteiger partial charge in [-0.3, -0.25) is 9.48 Å². The lowest BCUT2D eigenvalue weighted by molar-refractivity contribution is -0.137. The zero-order valence-electron chi connectivity index (χ0n) is 15.4. The highest BCUT2D eigenvalue weighted by Crippen LogP contribution is 2.42. The van der Waals surface area contributed by atoms with Crippen LogP contribution in [-0.2, 0) is 6.18 Å². The maximum atomic E-state index is 13.0. The van der Waals surface area contributed by atoms with E-state index in [0.717, 1.165) is 50.9 Å². The van der Waals surface area contributed by atoms with Crippen LogP contribution in [0.25, 0.3) is 0 Å². The molecule has 1 amide bonds. The molecule has 150 valence electrons. The zero-order chi connectivity index (χ0) is 19.7. The summed E-state index contributed by atoms with van der Waals surface area (Å²) in [6.07, 6.45) is 1.24. The van der Waals surface area contributed by atoms with Gasteiger partial charge in [0.1, 0.15) is 5.69 Å². The molecule has 0 spiro atoms. The van der Waals surface area contributed by atoms with Crippen LogP contribution in [0.15, 0.2) is 36.5 Å². The van der Waals surface area contributed by atoms with Crippen molar-refractivity contribution in [2.75, 3.05) is 13.1 Å². The van der Waals surface area contributed by atoms with Crippen molar-refractivity contribution in [3.8, 4) is 0 Å². The molecule has 28 heavy (non-hydrogen) atoms. The van der Waals surface area contributed by atoms with Gasteiger partial charge >= 0.3 is 6.18 Å². The fourth-order valence-electron chi connectivity index (χ4n) is 3.75. The van der Waals surface area contributed by atoms with E-state index in [0.29, 0.717) is 11.3 Å². The van der Waals surface area contributed by atoms with Gasteiger partial charge in [-0.1, -0.05) is 12.1 Å². The maximum absolute atomic E-state index is 13.0. The summed E-state index contributed by atoms with van der Waals surface area (Å²) < 4.78 is 41.0. The minimum Gasteiger partial charge on any atom is -0.344 e. The number of hydrogen-bond donors (Lipinski definition) is 2. The number of amides is 1. The van der Waals surface area contributed by atoms with E-state index in [2.05, 4.69) is 15.7 Å². The lowest BCUT2D eigenvalue weighted by Crippen LogP contribution is -2.33. The molecular formula is C20H23F3N4O. The summed E-state index contributed by atoms with van der Waals surface area (Å²) in [6, 6.07) is 6.68. The second-order valence-electron chi connectivity index (χ2n) is 7.59. The van der Waals surface area contributed by atoms with Gasteiger partial charge in [0.15, 0.2) is 0 Å². The first-order chi connectivity index (χ1) is 13.4. The predicted octanol–water partition coefficient (Wildman–Crippen LogP) is 3.71. The number of nitrogens with zero attached hydrogens (tertiary/aromatic N) is 2. The summed E-state index contributed by atoms with van der Waals surface area (Å²) in [5, 5.41) is 10.6. The molecule has 1 aliphatic heterocycles. The second kappa shape index (κ2) is 7.58. The Morgan fingerprint density at radius 1 is 1.25 bits per heavy atom. The first-order valence-corrected chi connectivity index (χ1v) is 9.66. The monoisotopic (exact) mass is 392 g/mol. The number of hydrogen-bond acceptors (Lipinski definition) is 3. The Morgan fingerprint density at radius 3 is 2.75 bits per heavy atom. The Labute approximate surface area is 161 Å². The van der Waals surface area contributed by atoms with Crippen molar-refractivity contribution in [3.05, 3.63) is 53.3 Å². The summed E-state index contributed by atoms with van der Waals surface area (Å²) in [5.74, 6) is -0.186. The predicted molar refractivity (Wildman–Crippen MR) is 97.7 cm³/mol. The molecule has 2 atom stereocenters. The first-order valence-electron chi connectivity index (χ1n) is 9.66. The molecular weight excluding hydrogens is 369 g/mol. The molecule has 8 heteroatoms. The van der Waals surface area contributed by atoms with E-state index in [-0.39, 0.29) is 17.9 Å². The second-order valence-corrected chi connectivity index (χ2v) is 7.59. The van der Waals surface area contributed by atoms with Gasteiger partial charge in [-0.2, -0.15) is 18.3 Å². The maximum Gasteiger partial charge on any atom is 0.416 e. The van der Waals surface area contributed by atoms with Crippen LogP contribution < -0.4 is 10.6 Å². The number of piperidine rings is 1. The van der Waals surface area contributed by atoms with Crippen molar-refractivity contribution in [1.82, 2.24) is 20.4 Å². The van der Waals surface area contributed by atoms with Crippen molar-refractivity contribution in [2.45, 2.75) is 43.9 Å². The molecule has 2 heterocycles. The standard InChI is InChI=1S/C20H23F3N4O/c21-20(22,23)15-4-1-3-14(11-15)18(13-6-7-13)25-19(28)17-8-10-27(26-17)16-5-2-9-24-12-16/h1,3-4,8,10-11,13,16,18,24H,2,5-7,9,12H2,(H,25,28). The molecule has 5 nitrogen and oxygen atoms in total. The van der Waals surface area contributed by atoms with Gasteiger partial charge in [0.25, 0.3) is 5.91 Å². The summed E-state index contributed by atoms with van der Waals surface area (Å²) in [4.78, 5) is 12.7. The van der Waals surface area contributed by atoms with Gasteiger partial charge in [0.05, 0.1) is 17.6 Å². The summed E-state index contributed by atoms with van der Waals surface area (Å²) in [5.41, 5.74) is 0.0868. The smallest absolute Gasteiger partial charge is 0.344 e. The molecule has 2 N–H and O–H groups in total. The van der Waals surface area contributed by atoms with Crippen LogP contribution in [-0.4, -0.2) is 28.8 Å². The Hall–Kier alpha value is -2.35. The van der Waals surface area contributed by atoms with E-state index in [1.165, 1.54) is 6.07 Å². The SMILES string of the molecule is O=C(NC(c1cccc(C(F)(F)F)c1)C1CC1)c1ccn(C2CCCNC2)n1. The molecule has 1 aliphatic carbocycles. The van der Waals surface area contributed by atoms with Crippen molar-refractivity contribution in [1.29, 1.82) is 0 Å². The number of benzene rings is 1. The Kier molecular flexibility index (Phi) is 5.14. The van der Waals surface area contributed by atoms with Gasteiger partial charge in [-0.25, -0.2) is 0 Å². The number of rotatable bonds is 5. The van der Waals surface area contributed by atoms with Gasteiger partial charge in [0, 0.05) is 12.7 Å². The first kappa shape index (κ1) is 19.0. The average Bonchev–Trinajstić information content (AvgIpc) is 3.41. The van der Waals surface area contributed by atoms with Gasteiger partial charge in [-0.15, -0.1) is 0 Å². The van der Waals surface area contributed by atoms with Gasteiger partial charge < -0.3 is 10.6 Å².